The predicted molar refractivity (Wildman–Crippen MR) is 73.3 cm³/mol. The molecule has 0 radical (unpaired) electrons. The summed E-state index contributed by atoms with van der Waals surface area (Å²) in [5.41, 5.74) is 9.49. The van der Waals surface area contributed by atoms with E-state index in [1.165, 1.54) is 5.69 Å². The number of aromatic nitrogens is 2. The van der Waals surface area contributed by atoms with Crippen LogP contribution in [0.15, 0.2) is 30.3 Å². The fourth-order valence-electron chi connectivity index (χ4n) is 1.91. The lowest BCUT2D eigenvalue weighted by Gasteiger charge is -2.06. The van der Waals surface area contributed by atoms with Gasteiger partial charge in [-0.3, -0.25) is 5.41 Å². The lowest BCUT2D eigenvalue weighted by atomic mass is 10.2. The summed E-state index contributed by atoms with van der Waals surface area (Å²) in [6.45, 7) is 4.22. The van der Waals surface area contributed by atoms with E-state index < -0.39 is 0 Å². The van der Waals surface area contributed by atoms with Gasteiger partial charge in [0.15, 0.2) is 0 Å². The predicted octanol–water partition coefficient (Wildman–Crippen LogP) is 2.28. The van der Waals surface area contributed by atoms with E-state index in [1.807, 2.05) is 28.9 Å². The minimum absolute atomic E-state index is 0.0898. The van der Waals surface area contributed by atoms with Crippen molar-refractivity contribution in [3.63, 3.8) is 0 Å². The van der Waals surface area contributed by atoms with Crippen LogP contribution in [0.3, 0.4) is 0 Å². The Kier molecular flexibility index (Phi) is 3.46. The van der Waals surface area contributed by atoms with Gasteiger partial charge in [-0.05, 0) is 43.2 Å². The van der Waals surface area contributed by atoms with Gasteiger partial charge in [-0.2, -0.15) is 5.10 Å². The van der Waals surface area contributed by atoms with Gasteiger partial charge in [-0.15, -0.1) is 0 Å². The maximum Gasteiger partial charge on any atom is 0.122 e. The molecule has 4 nitrogen and oxygen atoms in total. The third-order valence-electron chi connectivity index (χ3n) is 2.98. The fourth-order valence-corrected chi connectivity index (χ4v) is 1.91. The molecule has 0 unspecified atom stereocenters. The molecule has 0 saturated carbocycles. The summed E-state index contributed by atoms with van der Waals surface area (Å²) < 4.78 is 1.96. The molecule has 0 spiro atoms. The van der Waals surface area contributed by atoms with Crippen molar-refractivity contribution in [1.29, 1.82) is 5.41 Å². The van der Waals surface area contributed by atoms with Gasteiger partial charge in [0.1, 0.15) is 5.84 Å². The molecule has 0 bridgehead atoms. The third-order valence-corrected chi connectivity index (χ3v) is 2.98. The number of nitrogens with zero attached hydrogens (tertiary/aromatic N) is 2. The van der Waals surface area contributed by atoms with Gasteiger partial charge < -0.3 is 5.73 Å². The monoisotopic (exact) mass is 242 g/mol. The zero-order valence-electron chi connectivity index (χ0n) is 10.8. The molecule has 0 amide bonds. The Morgan fingerprint density at radius 3 is 2.39 bits per heavy atom. The van der Waals surface area contributed by atoms with Crippen molar-refractivity contribution in [3.8, 4) is 5.69 Å². The van der Waals surface area contributed by atoms with Gasteiger partial charge in [0.25, 0.3) is 0 Å². The molecule has 0 aliphatic rings. The molecule has 1 aromatic heterocycles. The van der Waals surface area contributed by atoms with Crippen molar-refractivity contribution in [3.05, 3.63) is 47.3 Å². The summed E-state index contributed by atoms with van der Waals surface area (Å²) >= 11 is 0. The molecule has 18 heavy (non-hydrogen) atoms. The highest BCUT2D eigenvalue weighted by Gasteiger charge is 2.07. The van der Waals surface area contributed by atoms with Crippen molar-refractivity contribution in [2.75, 3.05) is 0 Å². The molecule has 0 aliphatic carbocycles. The van der Waals surface area contributed by atoms with Crippen molar-refractivity contribution in [2.45, 2.75) is 26.7 Å². The van der Waals surface area contributed by atoms with E-state index in [9.17, 15) is 0 Å². The van der Waals surface area contributed by atoms with E-state index >= 15 is 0 Å². The zero-order chi connectivity index (χ0) is 13.1. The van der Waals surface area contributed by atoms with E-state index in [-0.39, 0.29) is 5.84 Å². The Morgan fingerprint density at radius 2 is 1.89 bits per heavy atom. The third kappa shape index (κ3) is 2.27. The number of nitrogens with two attached hydrogens (primary N) is 1. The van der Waals surface area contributed by atoms with Crippen LogP contribution in [0.2, 0.25) is 0 Å². The molecule has 1 aromatic carbocycles. The van der Waals surface area contributed by atoms with Crippen LogP contribution in [0.4, 0.5) is 0 Å². The van der Waals surface area contributed by atoms with Crippen molar-refractivity contribution in [2.24, 2.45) is 5.73 Å². The van der Waals surface area contributed by atoms with E-state index in [0.29, 0.717) is 0 Å². The minimum Gasteiger partial charge on any atom is -0.384 e. The molecule has 2 aromatic rings. The maximum absolute atomic E-state index is 7.38. The van der Waals surface area contributed by atoms with Crippen molar-refractivity contribution in [1.82, 2.24) is 9.78 Å². The van der Waals surface area contributed by atoms with Gasteiger partial charge in [0.2, 0.25) is 0 Å². The van der Waals surface area contributed by atoms with Crippen LogP contribution in [-0.4, -0.2) is 15.6 Å². The van der Waals surface area contributed by atoms with Crippen LogP contribution in [0.1, 0.15) is 30.8 Å². The number of rotatable bonds is 4. The molecule has 94 valence electrons. The molecule has 0 aliphatic heterocycles. The number of hydrogen-bond acceptors (Lipinski definition) is 2. The molecule has 0 atom stereocenters. The first-order valence-corrected chi connectivity index (χ1v) is 6.18. The van der Waals surface area contributed by atoms with Crippen LogP contribution >= 0.6 is 0 Å². The molecular weight excluding hydrogens is 224 g/mol. The molecule has 4 heteroatoms. The van der Waals surface area contributed by atoms with Crippen LogP contribution in [0, 0.1) is 5.41 Å². The van der Waals surface area contributed by atoms with E-state index in [1.54, 1.807) is 0 Å². The second-order valence-electron chi connectivity index (χ2n) is 4.21. The first-order valence-electron chi connectivity index (χ1n) is 6.18. The number of benzene rings is 1. The van der Waals surface area contributed by atoms with Gasteiger partial charge in [-0.1, -0.05) is 13.8 Å². The zero-order valence-corrected chi connectivity index (χ0v) is 10.8. The van der Waals surface area contributed by atoms with Gasteiger partial charge >= 0.3 is 0 Å². The smallest absolute Gasteiger partial charge is 0.122 e. The fraction of sp³-hybridized carbons (Fsp3) is 0.286. The Balaban J connectivity index is 2.41. The van der Waals surface area contributed by atoms with Crippen molar-refractivity contribution < 1.29 is 0 Å². The number of nitrogen functional groups attached to an aromatic ring is 1. The van der Waals surface area contributed by atoms with Gasteiger partial charge in [-0.25, -0.2) is 4.68 Å². The largest absolute Gasteiger partial charge is 0.384 e. The van der Waals surface area contributed by atoms with Crippen LogP contribution in [0.5, 0.6) is 0 Å². The van der Waals surface area contributed by atoms with Crippen LogP contribution in [-0.2, 0) is 12.8 Å². The Morgan fingerprint density at radius 1 is 1.22 bits per heavy atom. The van der Waals surface area contributed by atoms with E-state index in [4.69, 9.17) is 11.1 Å². The second-order valence-corrected chi connectivity index (χ2v) is 4.21. The SMILES string of the molecule is CCc1cc(CC)n(-c2ccc(C(=N)N)cc2)n1. The number of aryl methyl sites for hydroxylation is 2. The lowest BCUT2D eigenvalue weighted by molar-refractivity contribution is 0.794. The first-order chi connectivity index (χ1) is 8.65. The average Bonchev–Trinajstić information content (AvgIpc) is 2.82. The van der Waals surface area contributed by atoms with Gasteiger partial charge in [0, 0.05) is 11.3 Å². The van der Waals surface area contributed by atoms with Crippen molar-refractivity contribution >= 4 is 5.84 Å². The number of nitrogens with one attached hydrogen (secondary N) is 1. The van der Waals surface area contributed by atoms with Gasteiger partial charge in [0.05, 0.1) is 11.4 Å². The summed E-state index contributed by atoms with van der Waals surface area (Å²) in [5.74, 6) is 0.0898. The Labute approximate surface area is 107 Å². The lowest BCUT2D eigenvalue weighted by Crippen LogP contribution is -2.11. The van der Waals surface area contributed by atoms with Crippen LogP contribution < -0.4 is 5.73 Å². The maximum atomic E-state index is 7.38. The first kappa shape index (κ1) is 12.4. The summed E-state index contributed by atoms with van der Waals surface area (Å²) in [7, 11) is 0. The highest BCUT2D eigenvalue weighted by molar-refractivity contribution is 5.95. The topological polar surface area (TPSA) is 67.7 Å². The highest BCUT2D eigenvalue weighted by Crippen LogP contribution is 2.14. The highest BCUT2D eigenvalue weighted by atomic mass is 15.3. The Hall–Kier alpha value is -2.10. The number of hydrogen-bond donors (Lipinski definition) is 2. The van der Waals surface area contributed by atoms with E-state index in [2.05, 4.69) is 25.0 Å². The Bertz CT molecular complexity index is 552. The molecule has 0 fully saturated rings. The molecule has 0 saturated heterocycles. The molecule has 2 rings (SSSR count). The summed E-state index contributed by atoms with van der Waals surface area (Å²) in [6, 6.07) is 9.73. The summed E-state index contributed by atoms with van der Waals surface area (Å²) in [5, 5.41) is 12.0. The normalized spacial score (nSPS) is 10.6. The standard InChI is InChI=1S/C14H18N4/c1-3-11-9-12(4-2)18(17-11)13-7-5-10(6-8-13)14(15)16/h5-9H,3-4H2,1-2H3,(H3,15,16). The second kappa shape index (κ2) is 5.04. The quantitative estimate of drug-likeness (QED) is 0.638. The number of amidine groups is 1. The molecule has 1 heterocycles. The van der Waals surface area contributed by atoms with E-state index in [0.717, 1.165) is 29.8 Å². The molecular formula is C14H18N4. The molecule has 3 N–H and O–H groups in total. The minimum atomic E-state index is 0.0898. The average molecular weight is 242 g/mol. The van der Waals surface area contributed by atoms with Crippen LogP contribution in [0.25, 0.3) is 5.69 Å². The summed E-state index contributed by atoms with van der Waals surface area (Å²) in [4.78, 5) is 0. The summed E-state index contributed by atoms with van der Waals surface area (Å²) in [6.07, 6.45) is 1.88.